The molecular weight excluding hydrogens is 425 g/mol. The molecule has 3 N–H and O–H groups in total. The van der Waals surface area contributed by atoms with Gasteiger partial charge in [-0.3, -0.25) is 4.98 Å². The van der Waals surface area contributed by atoms with Crippen LogP contribution in [0.2, 0.25) is 0 Å². The third-order valence-corrected chi connectivity index (χ3v) is 5.00. The number of pyridine rings is 1. The van der Waals surface area contributed by atoms with Crippen LogP contribution in [0.25, 0.3) is 6.08 Å². The monoisotopic (exact) mass is 451 g/mol. The first-order valence-corrected chi connectivity index (χ1v) is 10.5. The van der Waals surface area contributed by atoms with Gasteiger partial charge in [0.2, 0.25) is 5.95 Å². The largest absolute Gasteiger partial charge is 0.508 e. The van der Waals surface area contributed by atoms with Gasteiger partial charge in [0.1, 0.15) is 5.75 Å². The number of hydrogen-bond donors (Lipinski definition) is 3. The van der Waals surface area contributed by atoms with E-state index in [0.29, 0.717) is 37.9 Å². The van der Waals surface area contributed by atoms with Gasteiger partial charge in [-0.15, -0.1) is 0 Å². The lowest BCUT2D eigenvalue weighted by atomic mass is 10.2. The van der Waals surface area contributed by atoms with Crippen LogP contribution < -0.4 is 20.4 Å². The Morgan fingerprint density at radius 3 is 2.64 bits per heavy atom. The van der Waals surface area contributed by atoms with Crippen LogP contribution in [0.3, 0.4) is 0 Å². The van der Waals surface area contributed by atoms with Gasteiger partial charge in [-0.1, -0.05) is 0 Å². The van der Waals surface area contributed by atoms with E-state index < -0.39 is 5.82 Å². The zero-order valence-corrected chi connectivity index (χ0v) is 18.5. The van der Waals surface area contributed by atoms with Crippen molar-refractivity contribution >= 4 is 34.9 Å². The highest BCUT2D eigenvalue weighted by atomic mass is 19.1. The molecule has 0 spiro atoms. The summed E-state index contributed by atoms with van der Waals surface area (Å²) in [7, 11) is 3.82. The summed E-state index contributed by atoms with van der Waals surface area (Å²) < 4.78 is 19.4. The summed E-state index contributed by atoms with van der Waals surface area (Å²) in [5, 5.41) is 16.1. The second kappa shape index (κ2) is 10.1. The summed E-state index contributed by atoms with van der Waals surface area (Å²) in [6.07, 6.45) is 6.29. The van der Waals surface area contributed by atoms with E-state index in [1.165, 1.54) is 0 Å². The Bertz CT molecular complexity index is 1120. The van der Waals surface area contributed by atoms with E-state index in [0.717, 1.165) is 23.3 Å². The van der Waals surface area contributed by atoms with Crippen LogP contribution in [0.4, 0.5) is 33.2 Å². The molecule has 0 amide bonds. The van der Waals surface area contributed by atoms with Gasteiger partial charge in [-0.05, 0) is 24.3 Å². The van der Waals surface area contributed by atoms with Crippen LogP contribution in [0.1, 0.15) is 5.69 Å². The fraction of sp³-hybridized carbons (Fsp3) is 0.261. The van der Waals surface area contributed by atoms with E-state index in [4.69, 9.17) is 4.74 Å². The van der Waals surface area contributed by atoms with Crippen LogP contribution >= 0.6 is 0 Å². The predicted molar refractivity (Wildman–Crippen MR) is 128 cm³/mol. The summed E-state index contributed by atoms with van der Waals surface area (Å²) in [5.74, 6) is 0.290. The summed E-state index contributed by atoms with van der Waals surface area (Å²) in [6, 6.07) is 9.01. The molecule has 1 fully saturated rings. The molecule has 33 heavy (non-hydrogen) atoms. The van der Waals surface area contributed by atoms with Crippen molar-refractivity contribution in [2.24, 2.45) is 0 Å². The molecule has 0 bridgehead atoms. The number of aromatic nitrogens is 3. The number of phenols is 1. The van der Waals surface area contributed by atoms with Gasteiger partial charge < -0.3 is 30.3 Å². The first-order valence-electron chi connectivity index (χ1n) is 10.5. The van der Waals surface area contributed by atoms with Gasteiger partial charge in [0.15, 0.2) is 11.6 Å². The van der Waals surface area contributed by atoms with Gasteiger partial charge >= 0.3 is 0 Å². The van der Waals surface area contributed by atoms with E-state index in [1.54, 1.807) is 30.6 Å². The number of aromatic hydroxyl groups is 1. The Kier molecular flexibility index (Phi) is 6.84. The van der Waals surface area contributed by atoms with Crippen molar-refractivity contribution in [2.45, 2.75) is 0 Å². The molecule has 0 aliphatic carbocycles. The smallest absolute Gasteiger partial charge is 0.228 e. The van der Waals surface area contributed by atoms with Crippen molar-refractivity contribution in [3.63, 3.8) is 0 Å². The lowest BCUT2D eigenvalue weighted by molar-refractivity contribution is 0.122. The lowest BCUT2D eigenvalue weighted by Crippen LogP contribution is -2.37. The number of anilines is 5. The van der Waals surface area contributed by atoms with Crippen LogP contribution in [-0.2, 0) is 4.74 Å². The molecule has 9 nitrogen and oxygen atoms in total. The molecular formula is C23H26FN7O2. The Morgan fingerprint density at radius 2 is 1.91 bits per heavy atom. The fourth-order valence-electron chi connectivity index (χ4n) is 3.30. The Labute approximate surface area is 191 Å². The molecule has 0 radical (unpaired) electrons. The SMILES string of the molecule is CN(C)c1cc(O)cc(Nc2ccc(/C=C/Nc3ncc(F)c(N4CCOCC4)n3)nc2)c1. The number of phenolic OH excluding ortho intramolecular Hbond substituents is 1. The molecule has 0 atom stereocenters. The minimum atomic E-state index is -0.458. The third kappa shape index (κ3) is 5.86. The average Bonchev–Trinajstić information content (AvgIpc) is 2.81. The highest BCUT2D eigenvalue weighted by Crippen LogP contribution is 2.27. The molecule has 1 aliphatic heterocycles. The molecule has 1 aliphatic rings. The second-order valence-corrected chi connectivity index (χ2v) is 7.67. The van der Waals surface area contributed by atoms with Gasteiger partial charge in [0.25, 0.3) is 0 Å². The topological polar surface area (TPSA) is 98.7 Å². The quantitative estimate of drug-likeness (QED) is 0.499. The molecule has 2 aromatic heterocycles. The number of benzene rings is 1. The third-order valence-electron chi connectivity index (χ3n) is 5.00. The van der Waals surface area contributed by atoms with Crippen LogP contribution in [-0.4, -0.2) is 60.5 Å². The molecule has 3 aromatic rings. The minimum absolute atomic E-state index is 0.182. The predicted octanol–water partition coefficient (Wildman–Crippen LogP) is 3.45. The van der Waals surface area contributed by atoms with Gasteiger partial charge in [-0.25, -0.2) is 9.37 Å². The van der Waals surface area contributed by atoms with E-state index in [2.05, 4.69) is 25.6 Å². The van der Waals surface area contributed by atoms with Gasteiger partial charge in [-0.2, -0.15) is 4.98 Å². The lowest BCUT2D eigenvalue weighted by Gasteiger charge is -2.27. The zero-order chi connectivity index (χ0) is 23.2. The van der Waals surface area contributed by atoms with E-state index in [9.17, 15) is 9.50 Å². The van der Waals surface area contributed by atoms with E-state index in [1.807, 2.05) is 42.1 Å². The number of halogens is 1. The Hall–Kier alpha value is -3.92. The van der Waals surface area contributed by atoms with Gasteiger partial charge in [0.05, 0.1) is 37.0 Å². The number of nitrogens with one attached hydrogen (secondary N) is 2. The minimum Gasteiger partial charge on any atom is -0.508 e. The van der Waals surface area contributed by atoms with Crippen molar-refractivity contribution in [2.75, 3.05) is 60.8 Å². The molecule has 3 heterocycles. The maximum absolute atomic E-state index is 14.1. The second-order valence-electron chi connectivity index (χ2n) is 7.67. The van der Waals surface area contributed by atoms with Crippen molar-refractivity contribution in [1.29, 1.82) is 0 Å². The van der Waals surface area contributed by atoms with Crippen molar-refractivity contribution < 1.29 is 14.2 Å². The maximum atomic E-state index is 14.1. The summed E-state index contributed by atoms with van der Waals surface area (Å²) in [6.45, 7) is 2.27. The van der Waals surface area contributed by atoms with Gasteiger partial charge in [0, 0.05) is 56.9 Å². The fourth-order valence-corrected chi connectivity index (χ4v) is 3.30. The molecule has 10 heteroatoms. The highest BCUT2D eigenvalue weighted by molar-refractivity contribution is 5.67. The summed E-state index contributed by atoms with van der Waals surface area (Å²) in [4.78, 5) is 16.4. The first kappa shape index (κ1) is 22.3. The van der Waals surface area contributed by atoms with Crippen molar-refractivity contribution in [3.8, 4) is 5.75 Å². The summed E-state index contributed by atoms with van der Waals surface area (Å²) >= 11 is 0. The normalized spacial score (nSPS) is 13.8. The number of nitrogens with zero attached hydrogens (tertiary/aromatic N) is 5. The number of rotatable bonds is 7. The molecule has 1 saturated heterocycles. The first-order chi connectivity index (χ1) is 16.0. The van der Waals surface area contributed by atoms with E-state index >= 15 is 0 Å². The van der Waals surface area contributed by atoms with E-state index in [-0.39, 0.29) is 11.6 Å². The van der Waals surface area contributed by atoms with Crippen molar-refractivity contribution in [3.05, 3.63) is 60.4 Å². The average molecular weight is 452 g/mol. The number of ether oxygens (including phenoxy) is 1. The number of morpholine rings is 1. The Morgan fingerprint density at radius 1 is 1.09 bits per heavy atom. The summed E-state index contributed by atoms with van der Waals surface area (Å²) in [5.41, 5.74) is 3.15. The molecule has 0 unspecified atom stereocenters. The molecule has 4 rings (SSSR count). The van der Waals surface area contributed by atoms with Crippen LogP contribution in [0.5, 0.6) is 5.75 Å². The number of hydrogen-bond acceptors (Lipinski definition) is 9. The van der Waals surface area contributed by atoms with Crippen LogP contribution in [0.15, 0.2) is 48.9 Å². The highest BCUT2D eigenvalue weighted by Gasteiger charge is 2.17. The van der Waals surface area contributed by atoms with Crippen LogP contribution in [0, 0.1) is 5.82 Å². The molecule has 0 saturated carbocycles. The van der Waals surface area contributed by atoms with Crippen molar-refractivity contribution in [1.82, 2.24) is 15.0 Å². The maximum Gasteiger partial charge on any atom is 0.228 e. The Balaban J connectivity index is 1.38. The molecule has 1 aromatic carbocycles. The standard InChI is InChI=1S/C23H26FN7O2/c1-30(2)19-11-18(12-20(32)13-19)28-17-4-3-16(26-14-17)5-6-25-23-27-15-21(24)22(29-23)31-7-9-33-10-8-31/h3-6,11-15,28,32H,7-10H2,1-2H3,(H,25,27,29)/b6-5+. The molecule has 172 valence electrons. The zero-order valence-electron chi connectivity index (χ0n) is 18.5.